The number of aliphatic carboxylic acids is 1. The van der Waals surface area contributed by atoms with Crippen molar-refractivity contribution >= 4 is 16.9 Å². The number of aromatic nitrogens is 1. The van der Waals surface area contributed by atoms with Gasteiger partial charge in [-0.05, 0) is 62.4 Å². The number of fused-ring (bicyclic) bond motifs is 1. The normalized spacial score (nSPS) is 16.2. The highest BCUT2D eigenvalue weighted by Gasteiger charge is 2.37. The van der Waals surface area contributed by atoms with Crippen LogP contribution in [0.1, 0.15) is 49.4 Å². The molecule has 4 rings (SSSR count). The van der Waals surface area contributed by atoms with Gasteiger partial charge in [-0.25, -0.2) is 13.2 Å². The molecule has 210 valence electrons. The number of pyridine rings is 1. The standard InChI is InChI=1S/C29H33F3N2O5/c1-38-22-2-3-26-24(15-22)28(19(18-35)17-33-26)25(32)4-5-29(16-27(36)37)6-8-34(9-7-29)10-11-39-23-13-20(30)12-21(31)14-23/h2-3,12-15,17,25,35H,4-11,16,18H2,1H3,(H,36,37)/t25-/m0/s1. The van der Waals surface area contributed by atoms with E-state index in [0.29, 0.717) is 66.7 Å². The van der Waals surface area contributed by atoms with Gasteiger partial charge in [-0.2, -0.15) is 0 Å². The first-order valence-corrected chi connectivity index (χ1v) is 13.0. The van der Waals surface area contributed by atoms with Gasteiger partial charge >= 0.3 is 5.97 Å². The summed E-state index contributed by atoms with van der Waals surface area (Å²) >= 11 is 0. The lowest BCUT2D eigenvalue weighted by atomic mass is 9.71. The van der Waals surface area contributed by atoms with Crippen LogP contribution in [0.3, 0.4) is 0 Å². The summed E-state index contributed by atoms with van der Waals surface area (Å²) in [6.45, 7) is 1.57. The fraction of sp³-hybridized carbons (Fsp3) is 0.448. The molecule has 10 heteroatoms. The first kappa shape index (κ1) is 28.6. The lowest BCUT2D eigenvalue weighted by Crippen LogP contribution is -2.42. The molecule has 2 heterocycles. The van der Waals surface area contributed by atoms with Crippen molar-refractivity contribution in [3.05, 3.63) is 65.4 Å². The number of methoxy groups -OCH3 is 1. The number of piperidine rings is 1. The quantitative estimate of drug-likeness (QED) is 0.313. The maximum Gasteiger partial charge on any atom is 0.303 e. The number of carboxylic acids is 1. The third-order valence-electron chi connectivity index (χ3n) is 7.57. The molecule has 39 heavy (non-hydrogen) atoms. The van der Waals surface area contributed by atoms with E-state index >= 15 is 4.39 Å². The smallest absolute Gasteiger partial charge is 0.303 e. The highest BCUT2D eigenvalue weighted by molar-refractivity contribution is 5.85. The van der Waals surface area contributed by atoms with Gasteiger partial charge in [-0.3, -0.25) is 14.7 Å². The second-order valence-corrected chi connectivity index (χ2v) is 10.1. The Morgan fingerprint density at radius 1 is 1.13 bits per heavy atom. The lowest BCUT2D eigenvalue weighted by molar-refractivity contribution is -0.141. The molecule has 0 unspecified atom stereocenters. The van der Waals surface area contributed by atoms with Crippen LogP contribution in [0.15, 0.2) is 42.6 Å². The lowest BCUT2D eigenvalue weighted by Gasteiger charge is -2.41. The summed E-state index contributed by atoms with van der Waals surface area (Å²) in [4.78, 5) is 18.2. The minimum atomic E-state index is -1.42. The Morgan fingerprint density at radius 2 is 1.85 bits per heavy atom. The van der Waals surface area contributed by atoms with Crippen LogP contribution in [0, 0.1) is 17.0 Å². The van der Waals surface area contributed by atoms with Crippen LogP contribution in [-0.2, 0) is 11.4 Å². The number of alkyl halides is 1. The summed E-state index contributed by atoms with van der Waals surface area (Å²) in [5.74, 6) is -1.68. The van der Waals surface area contributed by atoms with Gasteiger partial charge in [-0.1, -0.05) is 0 Å². The number of benzene rings is 2. The molecule has 0 aliphatic carbocycles. The number of aliphatic hydroxyl groups is 1. The number of ether oxygens (including phenoxy) is 2. The van der Waals surface area contributed by atoms with Crippen LogP contribution in [0.4, 0.5) is 13.2 Å². The Balaban J connectivity index is 1.40. The number of aliphatic hydroxyl groups excluding tert-OH is 1. The molecule has 1 fully saturated rings. The molecule has 0 radical (unpaired) electrons. The number of carbonyl (C=O) groups is 1. The summed E-state index contributed by atoms with van der Waals surface area (Å²) in [6.07, 6.45) is 1.59. The van der Waals surface area contributed by atoms with E-state index in [1.54, 1.807) is 18.2 Å². The average Bonchev–Trinajstić information content (AvgIpc) is 2.91. The monoisotopic (exact) mass is 546 g/mol. The summed E-state index contributed by atoms with van der Waals surface area (Å²) in [6, 6.07) is 8.20. The third-order valence-corrected chi connectivity index (χ3v) is 7.57. The molecule has 3 aromatic rings. The fourth-order valence-electron chi connectivity index (χ4n) is 5.42. The zero-order valence-electron chi connectivity index (χ0n) is 21.8. The molecule has 1 aliphatic rings. The van der Waals surface area contributed by atoms with E-state index in [2.05, 4.69) is 9.88 Å². The molecule has 1 atom stereocenters. The van der Waals surface area contributed by atoms with Gasteiger partial charge in [0.25, 0.3) is 0 Å². The Hall–Kier alpha value is -3.37. The average molecular weight is 547 g/mol. The maximum atomic E-state index is 15.9. The van der Waals surface area contributed by atoms with Crippen molar-refractivity contribution in [1.82, 2.24) is 9.88 Å². The van der Waals surface area contributed by atoms with Crippen LogP contribution in [0.2, 0.25) is 0 Å². The van der Waals surface area contributed by atoms with Gasteiger partial charge in [0.2, 0.25) is 0 Å². The van der Waals surface area contributed by atoms with E-state index in [1.165, 1.54) is 13.3 Å². The maximum absolute atomic E-state index is 15.9. The van der Waals surface area contributed by atoms with Gasteiger partial charge < -0.3 is 19.7 Å². The minimum Gasteiger partial charge on any atom is -0.497 e. The van der Waals surface area contributed by atoms with E-state index in [0.717, 1.165) is 18.2 Å². The van der Waals surface area contributed by atoms with E-state index < -0.39 is 29.2 Å². The van der Waals surface area contributed by atoms with Gasteiger partial charge in [0, 0.05) is 47.5 Å². The molecule has 1 aliphatic heterocycles. The van der Waals surface area contributed by atoms with Crippen molar-refractivity contribution in [2.24, 2.45) is 5.41 Å². The van der Waals surface area contributed by atoms with Crippen LogP contribution in [-0.4, -0.2) is 59.4 Å². The van der Waals surface area contributed by atoms with Crippen LogP contribution in [0.25, 0.3) is 10.9 Å². The zero-order valence-corrected chi connectivity index (χ0v) is 21.8. The summed E-state index contributed by atoms with van der Waals surface area (Å²) < 4.78 is 53.4. The molecule has 0 amide bonds. The molecule has 7 nitrogen and oxygen atoms in total. The van der Waals surface area contributed by atoms with E-state index in [9.17, 15) is 23.8 Å². The Kier molecular flexibility index (Phi) is 9.29. The SMILES string of the molecule is COc1ccc2ncc(CO)c([C@@H](F)CCC3(CC(=O)O)CCN(CCOc4cc(F)cc(F)c4)CC3)c2c1. The van der Waals surface area contributed by atoms with Crippen LogP contribution >= 0.6 is 0 Å². The van der Waals surface area contributed by atoms with E-state index in [4.69, 9.17) is 9.47 Å². The van der Waals surface area contributed by atoms with Gasteiger partial charge in [0.1, 0.15) is 35.9 Å². The number of hydrogen-bond donors (Lipinski definition) is 2. The zero-order chi connectivity index (χ0) is 28.0. The van der Waals surface area contributed by atoms with Crippen molar-refractivity contribution in [3.8, 4) is 11.5 Å². The molecular formula is C29H33F3N2O5. The summed E-state index contributed by atoms with van der Waals surface area (Å²) in [5.41, 5.74) is 0.764. The Bertz CT molecular complexity index is 1270. The number of carboxylic acid groups (broad SMARTS) is 1. The Labute approximate surface area is 225 Å². The largest absolute Gasteiger partial charge is 0.497 e. The second kappa shape index (κ2) is 12.7. The fourth-order valence-corrected chi connectivity index (χ4v) is 5.42. The van der Waals surface area contributed by atoms with E-state index in [1.807, 2.05) is 0 Å². The number of nitrogens with zero attached hydrogens (tertiary/aromatic N) is 2. The molecular weight excluding hydrogens is 513 g/mol. The molecule has 0 bridgehead atoms. The minimum absolute atomic E-state index is 0.0651. The van der Waals surface area contributed by atoms with Gasteiger partial charge in [0.05, 0.1) is 25.7 Å². The predicted molar refractivity (Wildman–Crippen MR) is 140 cm³/mol. The molecule has 2 N–H and O–H groups in total. The van der Waals surface area contributed by atoms with Crippen molar-refractivity contribution in [2.75, 3.05) is 33.4 Å². The Morgan fingerprint density at radius 3 is 2.49 bits per heavy atom. The third kappa shape index (κ3) is 7.19. The first-order chi connectivity index (χ1) is 18.7. The van der Waals surface area contributed by atoms with Crippen LogP contribution in [0.5, 0.6) is 11.5 Å². The number of rotatable bonds is 12. The first-order valence-electron chi connectivity index (χ1n) is 13.0. The van der Waals surface area contributed by atoms with Crippen molar-refractivity contribution < 1.29 is 37.7 Å². The van der Waals surface area contributed by atoms with Crippen LogP contribution < -0.4 is 9.47 Å². The number of halogens is 3. The van der Waals surface area contributed by atoms with Gasteiger partial charge in [-0.15, -0.1) is 0 Å². The predicted octanol–water partition coefficient (Wildman–Crippen LogP) is 5.44. The molecule has 0 saturated carbocycles. The molecule has 0 spiro atoms. The highest BCUT2D eigenvalue weighted by Crippen LogP contribution is 2.43. The van der Waals surface area contributed by atoms with Gasteiger partial charge in [0.15, 0.2) is 0 Å². The van der Waals surface area contributed by atoms with E-state index in [-0.39, 0.29) is 31.8 Å². The van der Waals surface area contributed by atoms with Crippen molar-refractivity contribution in [2.45, 2.75) is 44.9 Å². The number of likely N-dealkylation sites (tertiary alicyclic amines) is 1. The molecule has 1 aromatic heterocycles. The topological polar surface area (TPSA) is 92.1 Å². The molecule has 1 saturated heterocycles. The number of hydrogen-bond acceptors (Lipinski definition) is 6. The van der Waals surface area contributed by atoms with Crippen molar-refractivity contribution in [1.29, 1.82) is 0 Å². The summed E-state index contributed by atoms with van der Waals surface area (Å²) in [7, 11) is 1.52. The summed E-state index contributed by atoms with van der Waals surface area (Å²) in [5, 5.41) is 20.1. The van der Waals surface area contributed by atoms with Crippen molar-refractivity contribution in [3.63, 3.8) is 0 Å². The molecule has 2 aromatic carbocycles. The highest BCUT2D eigenvalue weighted by atomic mass is 19.1. The second-order valence-electron chi connectivity index (χ2n) is 10.1.